The molecule has 0 radical (unpaired) electrons. The lowest BCUT2D eigenvalue weighted by atomic mass is 9.67. The zero-order valence-electron chi connectivity index (χ0n) is 24.3. The van der Waals surface area contributed by atoms with E-state index in [1.54, 1.807) is 12.1 Å². The highest BCUT2D eigenvalue weighted by Crippen LogP contribution is 2.51. The first kappa shape index (κ1) is 28.2. The van der Waals surface area contributed by atoms with Gasteiger partial charge in [0.25, 0.3) is 0 Å². The van der Waals surface area contributed by atoms with Crippen LogP contribution in [0.1, 0.15) is 67.3 Å². The van der Waals surface area contributed by atoms with E-state index in [0.29, 0.717) is 35.6 Å². The summed E-state index contributed by atoms with van der Waals surface area (Å²) in [5.41, 5.74) is 14.3. The minimum atomic E-state index is -0.576. The number of benzene rings is 3. The number of nitrogens with zero attached hydrogens (tertiary/aromatic N) is 2. The fraction of sp³-hybridized carbons (Fsp3) is 0.314. The number of halogens is 1. The molecule has 5 nitrogen and oxygen atoms in total. The van der Waals surface area contributed by atoms with Crippen molar-refractivity contribution in [3.05, 3.63) is 117 Å². The van der Waals surface area contributed by atoms with Crippen molar-refractivity contribution in [2.24, 2.45) is 11.1 Å². The van der Waals surface area contributed by atoms with E-state index in [2.05, 4.69) is 45.0 Å². The molecule has 2 N–H and O–H groups in total. The minimum absolute atomic E-state index is 0.0468. The number of allylic oxidation sites excluding steroid dienone is 3. The van der Waals surface area contributed by atoms with Gasteiger partial charge in [-0.3, -0.25) is 9.69 Å². The lowest BCUT2D eigenvalue weighted by Gasteiger charge is -2.44. The summed E-state index contributed by atoms with van der Waals surface area (Å²) in [6, 6.07) is 20.5. The van der Waals surface area contributed by atoms with Gasteiger partial charge in [0, 0.05) is 17.7 Å². The average molecular weight is 550 g/mol. The highest BCUT2D eigenvalue weighted by Gasteiger charge is 2.45. The summed E-state index contributed by atoms with van der Waals surface area (Å²) < 4.78 is 19.4. The van der Waals surface area contributed by atoms with Crippen LogP contribution >= 0.6 is 0 Å². The highest BCUT2D eigenvalue weighted by molar-refractivity contribution is 6.02. The van der Waals surface area contributed by atoms with Crippen LogP contribution in [0.15, 0.2) is 83.3 Å². The van der Waals surface area contributed by atoms with Crippen LogP contribution in [0.3, 0.4) is 0 Å². The SMILES string of the molecule is CCc1ccccc1N1C(N)=C(C#N)C(c2cc(C)cc(COc3ccc(F)cc3)c2C)C2=C1CC(C)(C)CC2=O. The fourth-order valence-electron chi connectivity index (χ4n) is 6.23. The molecule has 1 heterocycles. The van der Waals surface area contributed by atoms with Gasteiger partial charge in [0.1, 0.15) is 24.0 Å². The number of anilines is 1. The van der Waals surface area contributed by atoms with E-state index in [1.165, 1.54) is 12.1 Å². The quantitative estimate of drug-likeness (QED) is 0.344. The second-order valence-electron chi connectivity index (χ2n) is 11.8. The Morgan fingerprint density at radius 2 is 1.78 bits per heavy atom. The molecule has 41 heavy (non-hydrogen) atoms. The Morgan fingerprint density at radius 1 is 1.07 bits per heavy atom. The van der Waals surface area contributed by atoms with Crippen molar-refractivity contribution in [1.82, 2.24) is 0 Å². The molecule has 5 rings (SSSR count). The molecule has 0 bridgehead atoms. The van der Waals surface area contributed by atoms with Crippen molar-refractivity contribution >= 4 is 11.5 Å². The molecule has 1 unspecified atom stereocenters. The van der Waals surface area contributed by atoms with Crippen molar-refractivity contribution in [2.45, 2.75) is 66.4 Å². The molecule has 1 atom stereocenters. The Balaban J connectivity index is 1.68. The molecule has 3 aromatic rings. The minimum Gasteiger partial charge on any atom is -0.489 e. The number of hydrogen-bond acceptors (Lipinski definition) is 5. The fourth-order valence-corrected chi connectivity index (χ4v) is 6.23. The van der Waals surface area contributed by atoms with Gasteiger partial charge in [0.15, 0.2) is 5.78 Å². The van der Waals surface area contributed by atoms with E-state index < -0.39 is 5.92 Å². The Bertz CT molecular complexity index is 1630. The first-order valence-corrected chi connectivity index (χ1v) is 14.1. The smallest absolute Gasteiger partial charge is 0.162 e. The summed E-state index contributed by atoms with van der Waals surface area (Å²) in [5, 5.41) is 10.6. The van der Waals surface area contributed by atoms with Gasteiger partial charge >= 0.3 is 0 Å². The molecule has 2 aliphatic rings. The number of aryl methyl sites for hydroxylation is 2. The van der Waals surface area contributed by atoms with Crippen molar-refractivity contribution in [3.8, 4) is 11.8 Å². The number of rotatable bonds is 6. The van der Waals surface area contributed by atoms with E-state index in [-0.39, 0.29) is 23.6 Å². The first-order valence-electron chi connectivity index (χ1n) is 14.1. The molecule has 1 aliphatic heterocycles. The number of carbonyl (C=O) groups is 1. The Labute approximate surface area is 241 Å². The third-order valence-corrected chi connectivity index (χ3v) is 8.21. The zero-order chi connectivity index (χ0) is 29.5. The summed E-state index contributed by atoms with van der Waals surface area (Å²) in [7, 11) is 0. The number of carbonyl (C=O) groups excluding carboxylic acids is 1. The van der Waals surface area contributed by atoms with E-state index in [4.69, 9.17) is 10.5 Å². The molecule has 0 spiro atoms. The van der Waals surface area contributed by atoms with Crippen LogP contribution in [-0.2, 0) is 17.8 Å². The molecule has 0 fully saturated rings. The second kappa shape index (κ2) is 10.9. The summed E-state index contributed by atoms with van der Waals surface area (Å²) in [4.78, 5) is 16.0. The molecule has 210 valence electrons. The summed E-state index contributed by atoms with van der Waals surface area (Å²) >= 11 is 0. The molecular formula is C35H36FN3O2. The van der Waals surface area contributed by atoms with Gasteiger partial charge in [-0.05, 0) is 84.7 Å². The molecule has 0 saturated heterocycles. The van der Waals surface area contributed by atoms with Crippen molar-refractivity contribution in [3.63, 3.8) is 0 Å². The van der Waals surface area contributed by atoms with E-state index in [9.17, 15) is 14.4 Å². The number of ether oxygens (including phenoxy) is 1. The van der Waals surface area contributed by atoms with Crippen LogP contribution in [0.25, 0.3) is 0 Å². The van der Waals surface area contributed by atoms with Gasteiger partial charge in [-0.15, -0.1) is 0 Å². The third kappa shape index (κ3) is 5.25. The normalized spacial score (nSPS) is 18.3. The third-order valence-electron chi connectivity index (χ3n) is 8.21. The summed E-state index contributed by atoms with van der Waals surface area (Å²) in [6.07, 6.45) is 1.85. The van der Waals surface area contributed by atoms with E-state index in [1.807, 2.05) is 36.9 Å². The zero-order valence-corrected chi connectivity index (χ0v) is 24.3. The molecule has 3 aromatic carbocycles. The predicted octanol–water partition coefficient (Wildman–Crippen LogP) is 7.52. The monoisotopic (exact) mass is 549 g/mol. The van der Waals surface area contributed by atoms with E-state index in [0.717, 1.165) is 45.6 Å². The summed E-state index contributed by atoms with van der Waals surface area (Å²) in [6.45, 7) is 10.6. The van der Waals surface area contributed by atoms with Crippen LogP contribution in [-0.4, -0.2) is 5.78 Å². The first-order chi connectivity index (χ1) is 19.5. The number of Topliss-reactive ketones (excluding diaryl/α,β-unsaturated/α-hetero) is 1. The lowest BCUT2D eigenvalue weighted by Crippen LogP contribution is -2.42. The highest BCUT2D eigenvalue weighted by atomic mass is 19.1. The van der Waals surface area contributed by atoms with Crippen LogP contribution in [0, 0.1) is 36.4 Å². The maximum atomic E-state index is 14.0. The van der Waals surface area contributed by atoms with Crippen LogP contribution < -0.4 is 15.4 Å². The van der Waals surface area contributed by atoms with Crippen molar-refractivity contribution < 1.29 is 13.9 Å². The molecule has 1 aliphatic carbocycles. The van der Waals surface area contributed by atoms with Gasteiger partial charge in [-0.1, -0.05) is 56.7 Å². The maximum absolute atomic E-state index is 14.0. The van der Waals surface area contributed by atoms with E-state index >= 15 is 0 Å². The molecule has 0 amide bonds. The van der Waals surface area contributed by atoms with Crippen LogP contribution in [0.5, 0.6) is 5.75 Å². The van der Waals surface area contributed by atoms with Gasteiger partial charge in [0.05, 0.1) is 23.2 Å². The molecular weight excluding hydrogens is 513 g/mol. The molecule has 6 heteroatoms. The standard InChI is InChI=1S/C35H36FN3O2/c1-6-23-9-7-8-10-29(23)39-30-17-35(4,5)18-31(40)33(30)32(28(19-37)34(39)38)27-16-21(2)15-24(22(27)3)20-41-26-13-11-25(36)12-14-26/h7-16,32H,6,17-18,20,38H2,1-5H3. The number of nitriles is 1. The van der Waals surface area contributed by atoms with Crippen molar-refractivity contribution in [2.75, 3.05) is 4.90 Å². The van der Waals surface area contributed by atoms with Crippen LogP contribution in [0.2, 0.25) is 0 Å². The Morgan fingerprint density at radius 3 is 2.46 bits per heavy atom. The summed E-state index contributed by atoms with van der Waals surface area (Å²) in [5.74, 6) is 0.0802. The number of hydrogen-bond donors (Lipinski definition) is 1. The topological polar surface area (TPSA) is 79.3 Å². The second-order valence-corrected chi connectivity index (χ2v) is 11.8. The van der Waals surface area contributed by atoms with Gasteiger partial charge in [-0.2, -0.15) is 5.26 Å². The van der Waals surface area contributed by atoms with Crippen molar-refractivity contribution in [1.29, 1.82) is 5.26 Å². The molecule has 0 aromatic heterocycles. The molecule has 0 saturated carbocycles. The average Bonchev–Trinajstić information content (AvgIpc) is 2.93. The largest absolute Gasteiger partial charge is 0.489 e. The number of nitrogens with two attached hydrogens (primary N) is 1. The number of ketones is 1. The Hall–Kier alpha value is -4.37. The Kier molecular flexibility index (Phi) is 7.48. The van der Waals surface area contributed by atoms with Crippen LogP contribution in [0.4, 0.5) is 10.1 Å². The maximum Gasteiger partial charge on any atom is 0.162 e. The van der Waals surface area contributed by atoms with Gasteiger partial charge in [-0.25, -0.2) is 4.39 Å². The predicted molar refractivity (Wildman–Crippen MR) is 160 cm³/mol. The van der Waals surface area contributed by atoms with Gasteiger partial charge in [0.2, 0.25) is 0 Å². The lowest BCUT2D eigenvalue weighted by molar-refractivity contribution is -0.118. The number of para-hydroxylation sites is 1. The van der Waals surface area contributed by atoms with Gasteiger partial charge < -0.3 is 10.5 Å².